The molecule has 0 radical (unpaired) electrons. The fourth-order valence-corrected chi connectivity index (χ4v) is 3.41. The Morgan fingerprint density at radius 3 is 3.00 bits per heavy atom. The molecular formula is C11H17N3O. The van der Waals surface area contributed by atoms with Crippen LogP contribution in [0.1, 0.15) is 31.5 Å². The molecule has 2 aliphatic carbocycles. The number of rotatable bonds is 3. The van der Waals surface area contributed by atoms with Gasteiger partial charge in [0.25, 0.3) is 0 Å². The first-order chi connectivity index (χ1) is 7.36. The summed E-state index contributed by atoms with van der Waals surface area (Å²) in [5.74, 6) is 3.40. The SMILES string of the molecule is OCc1nncn1CC1CC2CCC1C2. The minimum atomic E-state index is 0.000809. The number of hydrogen-bond acceptors (Lipinski definition) is 3. The molecule has 1 N–H and O–H groups in total. The molecule has 2 saturated carbocycles. The van der Waals surface area contributed by atoms with E-state index in [0.29, 0.717) is 5.82 Å². The molecule has 1 aromatic heterocycles. The summed E-state index contributed by atoms with van der Waals surface area (Å²) < 4.78 is 2.02. The zero-order valence-electron chi connectivity index (χ0n) is 8.84. The quantitative estimate of drug-likeness (QED) is 0.810. The molecule has 2 fully saturated rings. The van der Waals surface area contributed by atoms with E-state index in [0.717, 1.165) is 24.3 Å². The Hall–Kier alpha value is -0.900. The predicted molar refractivity (Wildman–Crippen MR) is 54.9 cm³/mol. The fraction of sp³-hybridized carbons (Fsp3) is 0.818. The van der Waals surface area contributed by atoms with Gasteiger partial charge in [0.15, 0.2) is 5.82 Å². The highest BCUT2D eigenvalue weighted by Crippen LogP contribution is 2.48. The van der Waals surface area contributed by atoms with Gasteiger partial charge in [-0.25, -0.2) is 0 Å². The summed E-state index contributed by atoms with van der Waals surface area (Å²) in [6, 6.07) is 0. The van der Waals surface area contributed by atoms with E-state index in [1.54, 1.807) is 6.33 Å². The number of aromatic nitrogens is 3. The first-order valence-electron chi connectivity index (χ1n) is 5.84. The van der Waals surface area contributed by atoms with Gasteiger partial charge in [-0.3, -0.25) is 0 Å². The standard InChI is InChI=1S/C11H17N3O/c15-6-11-13-12-7-14(11)5-10-4-8-1-2-9(10)3-8/h7-10,15H,1-6H2. The predicted octanol–water partition coefficient (Wildman–Crippen LogP) is 1.21. The smallest absolute Gasteiger partial charge is 0.158 e. The molecule has 3 unspecified atom stereocenters. The monoisotopic (exact) mass is 207 g/mol. The van der Waals surface area contributed by atoms with E-state index in [1.165, 1.54) is 25.7 Å². The minimum Gasteiger partial charge on any atom is -0.388 e. The molecule has 3 atom stereocenters. The van der Waals surface area contributed by atoms with Crippen LogP contribution in [0.25, 0.3) is 0 Å². The molecule has 0 aromatic carbocycles. The van der Waals surface area contributed by atoms with Crippen LogP contribution in [0.15, 0.2) is 6.33 Å². The topological polar surface area (TPSA) is 50.9 Å². The van der Waals surface area contributed by atoms with Crippen molar-refractivity contribution in [2.75, 3.05) is 0 Å². The van der Waals surface area contributed by atoms with Crippen LogP contribution >= 0.6 is 0 Å². The van der Waals surface area contributed by atoms with Crippen molar-refractivity contribution < 1.29 is 5.11 Å². The summed E-state index contributed by atoms with van der Waals surface area (Å²) in [5, 5.41) is 16.8. The maximum Gasteiger partial charge on any atom is 0.158 e. The molecule has 15 heavy (non-hydrogen) atoms. The highest BCUT2D eigenvalue weighted by molar-refractivity contribution is 4.92. The van der Waals surface area contributed by atoms with Crippen molar-refractivity contribution in [2.24, 2.45) is 17.8 Å². The Kier molecular flexibility index (Phi) is 2.24. The summed E-state index contributed by atoms with van der Waals surface area (Å²) >= 11 is 0. The van der Waals surface area contributed by atoms with Gasteiger partial charge < -0.3 is 9.67 Å². The number of hydrogen-bond donors (Lipinski definition) is 1. The lowest BCUT2D eigenvalue weighted by Crippen LogP contribution is -2.18. The largest absolute Gasteiger partial charge is 0.388 e. The molecule has 2 aliphatic rings. The second kappa shape index (κ2) is 3.59. The number of nitrogens with zero attached hydrogens (tertiary/aromatic N) is 3. The number of aliphatic hydroxyl groups excluding tert-OH is 1. The van der Waals surface area contributed by atoms with Gasteiger partial charge >= 0.3 is 0 Å². The molecule has 0 aliphatic heterocycles. The van der Waals surface area contributed by atoms with Gasteiger partial charge in [-0.05, 0) is 37.0 Å². The van der Waals surface area contributed by atoms with Crippen LogP contribution in [0.5, 0.6) is 0 Å². The highest BCUT2D eigenvalue weighted by atomic mass is 16.3. The van der Waals surface area contributed by atoms with E-state index in [4.69, 9.17) is 5.11 Å². The van der Waals surface area contributed by atoms with Crippen LogP contribution < -0.4 is 0 Å². The van der Waals surface area contributed by atoms with E-state index < -0.39 is 0 Å². The van der Waals surface area contributed by atoms with Crippen molar-refractivity contribution >= 4 is 0 Å². The first kappa shape index (κ1) is 9.33. The molecule has 0 amide bonds. The molecule has 0 spiro atoms. The van der Waals surface area contributed by atoms with Gasteiger partial charge in [-0.1, -0.05) is 6.42 Å². The van der Waals surface area contributed by atoms with Gasteiger partial charge in [0.1, 0.15) is 12.9 Å². The fourth-order valence-electron chi connectivity index (χ4n) is 3.41. The van der Waals surface area contributed by atoms with E-state index in [9.17, 15) is 0 Å². The number of fused-ring (bicyclic) bond motifs is 2. The van der Waals surface area contributed by atoms with Crippen molar-refractivity contribution in [3.05, 3.63) is 12.2 Å². The second-order valence-electron chi connectivity index (χ2n) is 4.99. The molecule has 82 valence electrons. The molecule has 4 nitrogen and oxygen atoms in total. The van der Waals surface area contributed by atoms with Crippen LogP contribution in [0.2, 0.25) is 0 Å². The van der Waals surface area contributed by atoms with Crippen molar-refractivity contribution in [3.8, 4) is 0 Å². The maximum absolute atomic E-state index is 9.09. The Morgan fingerprint density at radius 1 is 1.40 bits per heavy atom. The van der Waals surface area contributed by atoms with E-state index in [2.05, 4.69) is 10.2 Å². The van der Waals surface area contributed by atoms with Crippen LogP contribution in [-0.2, 0) is 13.2 Å². The maximum atomic E-state index is 9.09. The summed E-state index contributed by atoms with van der Waals surface area (Å²) in [7, 11) is 0. The molecule has 3 rings (SSSR count). The first-order valence-corrected chi connectivity index (χ1v) is 5.84. The highest BCUT2D eigenvalue weighted by Gasteiger charge is 2.39. The van der Waals surface area contributed by atoms with Crippen LogP contribution in [0, 0.1) is 17.8 Å². The van der Waals surface area contributed by atoms with E-state index >= 15 is 0 Å². The summed E-state index contributed by atoms with van der Waals surface area (Å²) in [5.41, 5.74) is 0. The van der Waals surface area contributed by atoms with Crippen molar-refractivity contribution in [3.63, 3.8) is 0 Å². The average Bonchev–Trinajstić information content (AvgIpc) is 2.92. The van der Waals surface area contributed by atoms with Gasteiger partial charge in [-0.15, -0.1) is 10.2 Å². The lowest BCUT2D eigenvalue weighted by molar-refractivity contribution is 0.249. The molecule has 1 heterocycles. The lowest BCUT2D eigenvalue weighted by atomic mass is 9.89. The van der Waals surface area contributed by atoms with Crippen molar-refractivity contribution in [1.82, 2.24) is 14.8 Å². The van der Waals surface area contributed by atoms with Crippen LogP contribution in [0.4, 0.5) is 0 Å². The third-order valence-electron chi connectivity index (χ3n) is 4.15. The van der Waals surface area contributed by atoms with E-state index in [1.807, 2.05) is 4.57 Å². The Balaban J connectivity index is 1.70. The van der Waals surface area contributed by atoms with E-state index in [-0.39, 0.29) is 6.61 Å². The normalized spacial score (nSPS) is 33.8. The van der Waals surface area contributed by atoms with Gasteiger partial charge in [0.05, 0.1) is 0 Å². The summed E-state index contributed by atoms with van der Waals surface area (Å²) in [6.45, 7) is 1.00. The van der Waals surface area contributed by atoms with Gasteiger partial charge in [0.2, 0.25) is 0 Å². The van der Waals surface area contributed by atoms with Crippen molar-refractivity contribution in [2.45, 2.75) is 38.8 Å². The molecule has 4 heteroatoms. The third kappa shape index (κ3) is 1.57. The Morgan fingerprint density at radius 2 is 2.33 bits per heavy atom. The molecule has 1 aromatic rings. The zero-order valence-corrected chi connectivity index (χ0v) is 8.84. The molecular weight excluding hydrogens is 190 g/mol. The molecule has 2 bridgehead atoms. The lowest BCUT2D eigenvalue weighted by Gasteiger charge is -2.22. The van der Waals surface area contributed by atoms with Crippen LogP contribution in [-0.4, -0.2) is 19.9 Å². The molecule has 0 saturated heterocycles. The summed E-state index contributed by atoms with van der Waals surface area (Å²) in [4.78, 5) is 0. The average molecular weight is 207 g/mol. The number of aliphatic hydroxyl groups is 1. The summed E-state index contributed by atoms with van der Waals surface area (Å²) in [6.07, 6.45) is 7.40. The Labute approximate surface area is 89.3 Å². The zero-order chi connectivity index (χ0) is 10.3. The second-order valence-corrected chi connectivity index (χ2v) is 4.99. The Bertz CT molecular complexity index is 349. The van der Waals surface area contributed by atoms with Gasteiger partial charge in [0, 0.05) is 6.54 Å². The third-order valence-corrected chi connectivity index (χ3v) is 4.15. The van der Waals surface area contributed by atoms with Gasteiger partial charge in [-0.2, -0.15) is 0 Å². The van der Waals surface area contributed by atoms with Crippen molar-refractivity contribution in [1.29, 1.82) is 0 Å². The minimum absolute atomic E-state index is 0.000809. The van der Waals surface area contributed by atoms with Crippen LogP contribution in [0.3, 0.4) is 0 Å².